The Morgan fingerprint density at radius 2 is 1.84 bits per heavy atom. The third-order valence-corrected chi connectivity index (χ3v) is 5.19. The van der Waals surface area contributed by atoms with Crippen LogP contribution in [0.4, 0.5) is 0 Å². The van der Waals surface area contributed by atoms with Crippen LogP contribution in [0.25, 0.3) is 22.2 Å². The molecule has 0 amide bonds. The van der Waals surface area contributed by atoms with Gasteiger partial charge in [-0.05, 0) is 37.1 Å². The predicted octanol–water partition coefficient (Wildman–Crippen LogP) is -1.93. The van der Waals surface area contributed by atoms with E-state index in [4.69, 9.17) is 9.79 Å². The average Bonchev–Trinajstić information content (AvgIpc) is 2.67. The highest BCUT2D eigenvalue weighted by Crippen LogP contribution is 2.35. The number of fused-ring (bicyclic) bond motifs is 2. The lowest BCUT2D eigenvalue weighted by Gasteiger charge is -2.17. The Morgan fingerprint density at radius 3 is 2.48 bits per heavy atom. The predicted molar refractivity (Wildman–Crippen MR) is 105 cm³/mol. The molecule has 6 N–H and O–H groups in total. The first-order valence-electron chi connectivity index (χ1n) is 8.93. The minimum atomic E-state index is -4.92. The van der Waals surface area contributed by atoms with E-state index in [0.717, 1.165) is 11.1 Å². The maximum atomic E-state index is 12.6. The fourth-order valence-corrected chi connectivity index (χ4v) is 3.34. The summed E-state index contributed by atoms with van der Waals surface area (Å²) in [5, 5.41) is 19.9. The minimum Gasteiger partial charge on any atom is -0.388 e. The molecule has 0 aliphatic heterocycles. The molecular weight excluding hydrogens is 435 g/mol. The number of aryl methyl sites for hydroxylation is 2. The molecule has 31 heavy (non-hydrogen) atoms. The first kappa shape index (κ1) is 22.9. The van der Waals surface area contributed by atoms with Crippen LogP contribution in [-0.2, 0) is 20.4 Å². The molecule has 2 atom stereocenters. The van der Waals surface area contributed by atoms with Crippen molar-refractivity contribution in [2.24, 2.45) is 0 Å². The van der Waals surface area contributed by atoms with Crippen molar-refractivity contribution in [1.29, 1.82) is 0 Å². The maximum absolute atomic E-state index is 12.6. The zero-order valence-electron chi connectivity index (χ0n) is 16.4. The van der Waals surface area contributed by atoms with E-state index in [2.05, 4.69) is 14.5 Å². The van der Waals surface area contributed by atoms with Crippen LogP contribution >= 0.6 is 7.82 Å². The number of nitrogens with zero attached hydrogens (tertiary/aromatic N) is 2. The highest BCUT2D eigenvalue weighted by Gasteiger charge is 2.30. The highest BCUT2D eigenvalue weighted by atomic mass is 31.2. The summed E-state index contributed by atoms with van der Waals surface area (Å²) in [5.41, 5.74) is 0.573. The van der Waals surface area contributed by atoms with E-state index < -0.39 is 50.2 Å². The molecule has 1 aromatic carbocycles. The van der Waals surface area contributed by atoms with Crippen LogP contribution in [0.2, 0.25) is 0 Å². The maximum Gasteiger partial charge on any atom is 0.469 e. The number of benzene rings is 1. The molecule has 14 heteroatoms. The van der Waals surface area contributed by atoms with Gasteiger partial charge in [-0.25, -0.2) is 18.9 Å². The van der Waals surface area contributed by atoms with Gasteiger partial charge in [-0.3, -0.25) is 19.1 Å². The van der Waals surface area contributed by atoms with Crippen molar-refractivity contribution in [3.63, 3.8) is 0 Å². The lowest BCUT2D eigenvalue weighted by Crippen LogP contribution is -2.48. The summed E-state index contributed by atoms with van der Waals surface area (Å²) in [4.78, 5) is 62.8. The smallest absolute Gasteiger partial charge is 0.388 e. The number of aromatic nitrogens is 4. The molecule has 13 nitrogen and oxygen atoms in total. The molecule has 2 aromatic heterocycles. The molecule has 0 fully saturated rings. The van der Waals surface area contributed by atoms with E-state index in [9.17, 15) is 29.2 Å². The van der Waals surface area contributed by atoms with Crippen LogP contribution in [0.3, 0.4) is 0 Å². The van der Waals surface area contributed by atoms with Crippen molar-refractivity contribution in [2.75, 3.05) is 6.61 Å². The fourth-order valence-electron chi connectivity index (χ4n) is 2.99. The van der Waals surface area contributed by atoms with Gasteiger partial charge in [0.15, 0.2) is 12.1 Å². The number of hydrogen-bond donors (Lipinski definition) is 6. The minimum absolute atomic E-state index is 0.0778. The Hall–Kier alpha value is -2.80. The van der Waals surface area contributed by atoms with Gasteiger partial charge in [-0.2, -0.15) is 4.98 Å². The number of ketones is 1. The number of rotatable bonds is 7. The molecule has 2 heterocycles. The SMILES string of the molecule is Cc1cc2nc3c(=O)[nH]c(=O)[nH]c3[n+](CC(=O)[C@H](O)[C@H](O)COP(=O)(O)O)c2cc1C. The van der Waals surface area contributed by atoms with Crippen molar-refractivity contribution in [1.82, 2.24) is 15.0 Å². The second-order valence-electron chi connectivity index (χ2n) is 6.99. The number of hydrogen-bond acceptors (Lipinski definition) is 8. The van der Waals surface area contributed by atoms with Gasteiger partial charge in [0.1, 0.15) is 17.7 Å². The third-order valence-electron chi connectivity index (χ3n) is 4.70. The third kappa shape index (κ3) is 4.93. The largest absolute Gasteiger partial charge is 0.469 e. The summed E-state index contributed by atoms with van der Waals surface area (Å²) in [6.45, 7) is 2.05. The van der Waals surface area contributed by atoms with Gasteiger partial charge in [-0.1, -0.05) is 0 Å². The van der Waals surface area contributed by atoms with E-state index in [0.29, 0.717) is 11.0 Å². The van der Waals surface area contributed by atoms with E-state index in [-0.39, 0.29) is 11.2 Å². The van der Waals surface area contributed by atoms with Crippen molar-refractivity contribution < 1.29 is 38.5 Å². The molecule has 0 bridgehead atoms. The van der Waals surface area contributed by atoms with Crippen LogP contribution < -0.4 is 15.8 Å². The van der Waals surface area contributed by atoms with Crippen LogP contribution in [0.5, 0.6) is 0 Å². The van der Waals surface area contributed by atoms with Crippen molar-refractivity contribution in [3.8, 4) is 0 Å². The summed E-state index contributed by atoms with van der Waals surface area (Å²) in [5.74, 6) is -0.958. The summed E-state index contributed by atoms with van der Waals surface area (Å²) in [7, 11) is -4.92. The summed E-state index contributed by atoms with van der Waals surface area (Å²) in [6, 6.07) is 3.37. The zero-order chi connectivity index (χ0) is 23.1. The Balaban J connectivity index is 2.09. The average molecular weight is 455 g/mol. The van der Waals surface area contributed by atoms with Crippen LogP contribution in [0.1, 0.15) is 11.1 Å². The molecule has 0 aliphatic carbocycles. The Bertz CT molecular complexity index is 1340. The lowest BCUT2D eigenvalue weighted by atomic mass is 10.1. The Labute approximate surface area is 173 Å². The van der Waals surface area contributed by atoms with E-state index in [1.54, 1.807) is 12.1 Å². The zero-order valence-corrected chi connectivity index (χ0v) is 17.3. The van der Waals surface area contributed by atoms with Crippen molar-refractivity contribution in [2.45, 2.75) is 32.6 Å². The molecule has 0 aliphatic rings. The van der Waals surface area contributed by atoms with Gasteiger partial charge in [0, 0.05) is 0 Å². The van der Waals surface area contributed by atoms with Gasteiger partial charge < -0.3 is 20.0 Å². The fraction of sp³-hybridized carbons (Fsp3) is 0.353. The van der Waals surface area contributed by atoms with E-state index >= 15 is 0 Å². The van der Waals surface area contributed by atoms with Crippen molar-refractivity contribution in [3.05, 3.63) is 44.1 Å². The standard InChI is InChI=1S/C17H19N4O9P/c1-7-3-9-10(4-8(7)2)21(15-13(18-9)16(25)20-17(26)19-15)5-11(22)14(24)12(23)6-30-31(27,28)29/h3-4,12,14,23-24H,5-6H2,1-2H3,(H3,20,25,26,27,28,29)/p+1/t12-,14+/m1/s1. The van der Waals surface area contributed by atoms with Gasteiger partial charge in [0.05, 0.1) is 6.61 Å². The first-order valence-corrected chi connectivity index (χ1v) is 10.5. The normalized spacial score (nSPS) is 14.1. The van der Waals surface area contributed by atoms with Gasteiger partial charge in [-0.15, -0.1) is 0 Å². The first-order chi connectivity index (χ1) is 14.4. The van der Waals surface area contributed by atoms with Crippen LogP contribution in [-0.4, -0.2) is 59.5 Å². The monoisotopic (exact) mass is 455 g/mol. The topological polar surface area (TPSA) is 207 Å². The van der Waals surface area contributed by atoms with Gasteiger partial charge in [0.2, 0.25) is 11.3 Å². The molecule has 0 saturated carbocycles. The van der Waals surface area contributed by atoms with Crippen molar-refractivity contribution >= 4 is 35.8 Å². The molecule has 166 valence electrons. The second-order valence-corrected chi connectivity index (χ2v) is 8.23. The molecule has 0 saturated heterocycles. The molecule has 0 spiro atoms. The molecular formula is C17H20N4O9P+. The summed E-state index contributed by atoms with van der Waals surface area (Å²) < 4.78 is 16.1. The number of phosphoric ester groups is 1. The van der Waals surface area contributed by atoms with Gasteiger partial charge in [0.25, 0.3) is 5.56 Å². The molecule has 0 unspecified atom stereocenters. The van der Waals surface area contributed by atoms with Crippen LogP contribution in [0.15, 0.2) is 21.7 Å². The second kappa shape index (κ2) is 8.38. The number of phosphoric acid groups is 1. The number of aliphatic hydroxyl groups is 2. The Morgan fingerprint density at radius 1 is 1.19 bits per heavy atom. The Kier molecular flexibility index (Phi) is 6.18. The number of aromatic amines is 2. The number of aliphatic hydroxyl groups excluding tert-OH is 2. The number of nitrogens with one attached hydrogen (secondary N) is 2. The number of H-pyrrole nitrogens is 2. The molecule has 3 aromatic rings. The highest BCUT2D eigenvalue weighted by molar-refractivity contribution is 7.46. The van der Waals surface area contributed by atoms with E-state index in [1.807, 2.05) is 18.8 Å². The van der Waals surface area contributed by atoms with Gasteiger partial charge >= 0.3 is 19.2 Å². The molecule has 3 rings (SSSR count). The van der Waals surface area contributed by atoms with E-state index in [1.165, 1.54) is 4.57 Å². The number of carbonyl (C=O) groups is 1. The lowest BCUT2D eigenvalue weighted by molar-refractivity contribution is -0.634. The number of Topliss-reactive ketones (excluding diaryl/α,β-unsaturated/α-hetero) is 1. The summed E-state index contributed by atoms with van der Waals surface area (Å²) in [6.07, 6.45) is -3.98. The summed E-state index contributed by atoms with van der Waals surface area (Å²) >= 11 is 0. The number of carbonyl (C=O) groups excluding carboxylic acids is 1. The van der Waals surface area contributed by atoms with Crippen LogP contribution in [0, 0.1) is 13.8 Å². The quantitative estimate of drug-likeness (QED) is 0.132. The molecule has 0 radical (unpaired) electrons.